The first-order valence-electron chi connectivity index (χ1n) is 6.57. The second-order valence-electron chi connectivity index (χ2n) is 4.66. The van der Waals surface area contributed by atoms with E-state index >= 15 is 0 Å². The van der Waals surface area contributed by atoms with E-state index in [0.29, 0.717) is 24.0 Å². The van der Waals surface area contributed by atoms with Crippen molar-refractivity contribution in [2.45, 2.75) is 13.5 Å². The maximum absolute atomic E-state index is 5.84. The van der Waals surface area contributed by atoms with Gasteiger partial charge in [-0.3, -0.25) is 0 Å². The van der Waals surface area contributed by atoms with Crippen LogP contribution < -0.4 is 11.1 Å². The van der Waals surface area contributed by atoms with Gasteiger partial charge in [0.2, 0.25) is 0 Å². The van der Waals surface area contributed by atoms with Crippen LogP contribution in [0.3, 0.4) is 0 Å². The average Bonchev–Trinajstić information content (AvgIpc) is 2.91. The minimum atomic E-state index is 0.417. The highest BCUT2D eigenvalue weighted by atomic mass is 16.5. The predicted octanol–water partition coefficient (Wildman–Crippen LogP) is 2.63. The Morgan fingerprint density at radius 3 is 2.67 bits per heavy atom. The number of anilines is 2. The highest BCUT2D eigenvalue weighted by molar-refractivity contribution is 5.60. The third-order valence-corrected chi connectivity index (χ3v) is 2.90. The van der Waals surface area contributed by atoms with E-state index in [1.54, 1.807) is 6.07 Å². The number of rotatable bonds is 4. The van der Waals surface area contributed by atoms with Gasteiger partial charge in [0, 0.05) is 17.7 Å². The van der Waals surface area contributed by atoms with Crippen molar-refractivity contribution in [3.05, 3.63) is 53.9 Å². The minimum Gasteiger partial charge on any atom is -0.384 e. The number of nitrogens with one attached hydrogen (secondary N) is 1. The van der Waals surface area contributed by atoms with E-state index in [1.165, 1.54) is 0 Å². The van der Waals surface area contributed by atoms with Gasteiger partial charge >= 0.3 is 0 Å². The van der Waals surface area contributed by atoms with Gasteiger partial charge in [0.15, 0.2) is 11.6 Å². The topological polar surface area (TPSA) is 89.9 Å². The first-order chi connectivity index (χ1) is 10.2. The van der Waals surface area contributed by atoms with Crippen LogP contribution in [0, 0.1) is 6.92 Å². The Balaban J connectivity index is 1.81. The van der Waals surface area contributed by atoms with Gasteiger partial charge in [0.25, 0.3) is 0 Å². The summed E-state index contributed by atoms with van der Waals surface area (Å²) in [5.74, 6) is 2.40. The molecule has 0 atom stereocenters. The molecule has 2 aromatic heterocycles. The Kier molecular flexibility index (Phi) is 3.51. The summed E-state index contributed by atoms with van der Waals surface area (Å²) in [6.45, 7) is 2.37. The quantitative estimate of drug-likeness (QED) is 0.764. The largest absolute Gasteiger partial charge is 0.384 e. The second kappa shape index (κ2) is 5.62. The molecule has 0 unspecified atom stereocenters. The maximum Gasteiger partial charge on any atom is 0.163 e. The van der Waals surface area contributed by atoms with Crippen molar-refractivity contribution < 1.29 is 4.52 Å². The van der Waals surface area contributed by atoms with Crippen molar-refractivity contribution in [1.82, 2.24) is 15.1 Å². The lowest BCUT2D eigenvalue weighted by Gasteiger charge is -2.07. The van der Waals surface area contributed by atoms with E-state index in [2.05, 4.69) is 20.4 Å². The molecule has 0 saturated heterocycles. The van der Waals surface area contributed by atoms with Gasteiger partial charge in [-0.05, 0) is 6.92 Å². The molecule has 0 fully saturated rings. The molecular formula is C15H15N5O. The Morgan fingerprint density at radius 2 is 1.95 bits per heavy atom. The van der Waals surface area contributed by atoms with E-state index in [9.17, 15) is 0 Å². The van der Waals surface area contributed by atoms with Gasteiger partial charge in [-0.2, -0.15) is 0 Å². The number of hydrogen-bond donors (Lipinski definition) is 2. The van der Waals surface area contributed by atoms with E-state index in [-0.39, 0.29) is 0 Å². The summed E-state index contributed by atoms with van der Waals surface area (Å²) >= 11 is 0. The molecule has 0 saturated carbocycles. The normalized spacial score (nSPS) is 10.5. The summed E-state index contributed by atoms with van der Waals surface area (Å²) in [6, 6.07) is 13.3. The fraction of sp³-hybridized carbons (Fsp3) is 0.133. The third-order valence-electron chi connectivity index (χ3n) is 2.90. The van der Waals surface area contributed by atoms with Crippen LogP contribution in [0.5, 0.6) is 0 Å². The molecule has 6 nitrogen and oxygen atoms in total. The van der Waals surface area contributed by atoms with Crippen molar-refractivity contribution in [1.29, 1.82) is 0 Å². The summed E-state index contributed by atoms with van der Waals surface area (Å²) in [5.41, 5.74) is 7.61. The predicted molar refractivity (Wildman–Crippen MR) is 80.4 cm³/mol. The number of nitrogens with two attached hydrogens (primary N) is 1. The van der Waals surface area contributed by atoms with Crippen LogP contribution in [0.1, 0.15) is 11.5 Å². The summed E-state index contributed by atoms with van der Waals surface area (Å²) < 4.78 is 5.14. The monoisotopic (exact) mass is 281 g/mol. The summed E-state index contributed by atoms with van der Waals surface area (Å²) in [5, 5.41) is 7.00. The fourth-order valence-electron chi connectivity index (χ4n) is 1.95. The molecule has 0 radical (unpaired) electrons. The fourth-order valence-corrected chi connectivity index (χ4v) is 1.95. The molecule has 0 aliphatic rings. The van der Waals surface area contributed by atoms with Gasteiger partial charge in [-0.15, -0.1) is 0 Å². The zero-order valence-electron chi connectivity index (χ0n) is 11.6. The molecule has 0 bridgehead atoms. The summed E-state index contributed by atoms with van der Waals surface area (Å²) in [6.07, 6.45) is 0. The molecule has 2 heterocycles. The van der Waals surface area contributed by atoms with Crippen LogP contribution in [-0.4, -0.2) is 15.1 Å². The molecule has 6 heteroatoms. The highest BCUT2D eigenvalue weighted by Gasteiger charge is 2.06. The zero-order valence-corrected chi connectivity index (χ0v) is 11.6. The Labute approximate surface area is 122 Å². The number of benzene rings is 1. The SMILES string of the molecule is Cc1cc(CNc2cc(N)nc(-c3ccccc3)n2)on1. The van der Waals surface area contributed by atoms with Gasteiger partial charge < -0.3 is 15.6 Å². The maximum atomic E-state index is 5.84. The molecule has 3 aromatic rings. The average molecular weight is 281 g/mol. The van der Waals surface area contributed by atoms with Crippen molar-refractivity contribution in [3.63, 3.8) is 0 Å². The molecule has 0 aliphatic carbocycles. The minimum absolute atomic E-state index is 0.417. The van der Waals surface area contributed by atoms with E-state index in [0.717, 1.165) is 17.0 Å². The lowest BCUT2D eigenvalue weighted by Crippen LogP contribution is -2.04. The van der Waals surface area contributed by atoms with Gasteiger partial charge in [-0.1, -0.05) is 35.5 Å². The van der Waals surface area contributed by atoms with Crippen molar-refractivity contribution >= 4 is 11.6 Å². The van der Waals surface area contributed by atoms with Crippen LogP contribution in [-0.2, 0) is 6.54 Å². The molecule has 0 amide bonds. The highest BCUT2D eigenvalue weighted by Crippen LogP contribution is 2.19. The number of nitrogen functional groups attached to an aromatic ring is 1. The van der Waals surface area contributed by atoms with E-state index in [4.69, 9.17) is 10.3 Å². The van der Waals surface area contributed by atoms with Gasteiger partial charge in [0.05, 0.1) is 12.2 Å². The van der Waals surface area contributed by atoms with Crippen LogP contribution in [0.2, 0.25) is 0 Å². The molecule has 3 N–H and O–H groups in total. The Hall–Kier alpha value is -2.89. The molecule has 0 aliphatic heterocycles. The molecular weight excluding hydrogens is 266 g/mol. The lowest BCUT2D eigenvalue weighted by atomic mass is 10.2. The molecule has 21 heavy (non-hydrogen) atoms. The van der Waals surface area contributed by atoms with E-state index in [1.807, 2.05) is 43.3 Å². The van der Waals surface area contributed by atoms with Crippen molar-refractivity contribution in [3.8, 4) is 11.4 Å². The second-order valence-corrected chi connectivity index (χ2v) is 4.66. The molecule has 1 aromatic carbocycles. The van der Waals surface area contributed by atoms with Crippen LogP contribution in [0.15, 0.2) is 47.0 Å². The van der Waals surface area contributed by atoms with Gasteiger partial charge in [0.1, 0.15) is 11.6 Å². The first-order valence-corrected chi connectivity index (χ1v) is 6.57. The number of aryl methyl sites for hydroxylation is 1. The Bertz CT molecular complexity index is 739. The van der Waals surface area contributed by atoms with Crippen LogP contribution in [0.4, 0.5) is 11.6 Å². The summed E-state index contributed by atoms with van der Waals surface area (Å²) in [7, 11) is 0. The number of hydrogen-bond acceptors (Lipinski definition) is 6. The molecule has 0 spiro atoms. The number of aromatic nitrogens is 3. The first kappa shape index (κ1) is 13.1. The van der Waals surface area contributed by atoms with Crippen LogP contribution >= 0.6 is 0 Å². The smallest absolute Gasteiger partial charge is 0.163 e. The number of nitrogens with zero attached hydrogens (tertiary/aromatic N) is 3. The van der Waals surface area contributed by atoms with Crippen molar-refractivity contribution in [2.24, 2.45) is 0 Å². The van der Waals surface area contributed by atoms with Gasteiger partial charge in [-0.25, -0.2) is 9.97 Å². The molecule has 3 rings (SSSR count). The zero-order chi connectivity index (χ0) is 14.7. The third kappa shape index (κ3) is 3.17. The van der Waals surface area contributed by atoms with Crippen molar-refractivity contribution in [2.75, 3.05) is 11.1 Å². The molecule has 106 valence electrons. The van der Waals surface area contributed by atoms with E-state index < -0.39 is 0 Å². The summed E-state index contributed by atoms with van der Waals surface area (Å²) in [4.78, 5) is 8.72. The van der Waals surface area contributed by atoms with Crippen LogP contribution in [0.25, 0.3) is 11.4 Å². The Morgan fingerprint density at radius 1 is 1.14 bits per heavy atom. The standard InChI is InChI=1S/C15H15N5O/c1-10-7-12(21-20-10)9-17-14-8-13(16)18-15(19-14)11-5-3-2-4-6-11/h2-8H,9H2,1H3,(H3,16,17,18,19). The lowest BCUT2D eigenvalue weighted by molar-refractivity contribution is 0.384.